The van der Waals surface area contributed by atoms with Crippen molar-refractivity contribution in [3.63, 3.8) is 0 Å². The van der Waals surface area contributed by atoms with Crippen LogP contribution in [0.15, 0.2) is 0 Å². The molecule has 1 N–H and O–H groups in total. The van der Waals surface area contributed by atoms with E-state index in [1.807, 2.05) is 6.92 Å². The second-order valence-corrected chi connectivity index (χ2v) is 7.46. The maximum atomic E-state index is 13.2. The summed E-state index contributed by atoms with van der Waals surface area (Å²) in [7, 11) is 0. The van der Waals surface area contributed by atoms with Crippen LogP contribution in [0.4, 0.5) is 0 Å². The Balaban J connectivity index is 1.85. The van der Waals surface area contributed by atoms with Crippen molar-refractivity contribution in [3.8, 4) is 0 Å². The van der Waals surface area contributed by atoms with Gasteiger partial charge in [-0.05, 0) is 44.4 Å². The van der Waals surface area contributed by atoms with E-state index in [-0.39, 0.29) is 11.8 Å². The van der Waals surface area contributed by atoms with Gasteiger partial charge < -0.3 is 10.2 Å². The molecule has 0 aromatic rings. The van der Waals surface area contributed by atoms with E-state index >= 15 is 0 Å². The van der Waals surface area contributed by atoms with Crippen LogP contribution < -0.4 is 5.32 Å². The first kappa shape index (κ1) is 14.9. The molecule has 3 atom stereocenters. The van der Waals surface area contributed by atoms with Gasteiger partial charge in [-0.15, -0.1) is 0 Å². The van der Waals surface area contributed by atoms with Crippen LogP contribution in [0.5, 0.6) is 0 Å². The van der Waals surface area contributed by atoms with Crippen molar-refractivity contribution in [2.75, 3.05) is 6.54 Å². The molecule has 3 aliphatic rings. The monoisotopic (exact) mass is 292 g/mol. The average Bonchev–Trinajstić information content (AvgIpc) is 3.27. The first-order valence-corrected chi connectivity index (χ1v) is 8.64. The molecule has 1 saturated heterocycles. The Morgan fingerprint density at radius 3 is 2.52 bits per heavy atom. The summed E-state index contributed by atoms with van der Waals surface area (Å²) in [6, 6.07) is 0.325. The molecule has 0 radical (unpaired) electrons. The van der Waals surface area contributed by atoms with Crippen LogP contribution in [-0.2, 0) is 9.59 Å². The zero-order chi connectivity index (χ0) is 15.0. The summed E-state index contributed by atoms with van der Waals surface area (Å²) in [5, 5.41) is 3.04. The Bertz CT molecular complexity index is 433. The van der Waals surface area contributed by atoms with E-state index < -0.39 is 5.54 Å². The molecule has 3 rings (SSSR count). The largest absolute Gasteiger partial charge is 0.342 e. The van der Waals surface area contributed by atoms with Crippen molar-refractivity contribution < 1.29 is 9.59 Å². The highest BCUT2D eigenvalue weighted by Gasteiger charge is 2.52. The van der Waals surface area contributed by atoms with Crippen LogP contribution in [0.25, 0.3) is 0 Å². The molecule has 1 aliphatic heterocycles. The highest BCUT2D eigenvalue weighted by molar-refractivity contribution is 5.94. The average molecular weight is 292 g/mol. The number of carbonyl (C=O) groups excluding carboxylic acids is 2. The Labute approximate surface area is 127 Å². The second-order valence-electron chi connectivity index (χ2n) is 7.46. The summed E-state index contributed by atoms with van der Waals surface area (Å²) < 4.78 is 0. The van der Waals surface area contributed by atoms with E-state index in [1.165, 1.54) is 25.7 Å². The predicted octanol–water partition coefficient (Wildman–Crippen LogP) is 2.47. The van der Waals surface area contributed by atoms with Crippen LogP contribution >= 0.6 is 0 Å². The zero-order valence-electron chi connectivity index (χ0n) is 13.4. The minimum absolute atomic E-state index is 0.0431. The molecule has 118 valence electrons. The molecular weight excluding hydrogens is 264 g/mol. The summed E-state index contributed by atoms with van der Waals surface area (Å²) in [6.45, 7) is 4.82. The molecule has 4 nitrogen and oxygen atoms in total. The minimum atomic E-state index is -0.653. The minimum Gasteiger partial charge on any atom is -0.342 e. The molecule has 2 amide bonds. The van der Waals surface area contributed by atoms with Gasteiger partial charge >= 0.3 is 0 Å². The smallest absolute Gasteiger partial charge is 0.248 e. The molecule has 2 aliphatic carbocycles. The van der Waals surface area contributed by atoms with Gasteiger partial charge in [-0.25, -0.2) is 0 Å². The number of hydrogen-bond donors (Lipinski definition) is 1. The number of amides is 2. The molecule has 0 spiro atoms. The number of nitrogens with one attached hydrogen (secondary N) is 1. The van der Waals surface area contributed by atoms with Gasteiger partial charge in [0.1, 0.15) is 5.54 Å². The Morgan fingerprint density at radius 2 is 1.81 bits per heavy atom. The van der Waals surface area contributed by atoms with E-state index in [0.717, 1.165) is 19.3 Å². The van der Waals surface area contributed by atoms with Gasteiger partial charge in [0.05, 0.1) is 0 Å². The SMILES string of the molecule is CC1CCCCCC1N1CCC(=O)NC(C)(C2CC2)C1=O. The molecule has 3 unspecified atom stereocenters. The van der Waals surface area contributed by atoms with E-state index in [1.54, 1.807) is 0 Å². The highest BCUT2D eigenvalue weighted by Crippen LogP contribution is 2.42. The summed E-state index contributed by atoms with van der Waals surface area (Å²) in [5.41, 5.74) is -0.653. The van der Waals surface area contributed by atoms with Gasteiger partial charge in [-0.3, -0.25) is 9.59 Å². The molecule has 0 aromatic heterocycles. The summed E-state index contributed by atoms with van der Waals surface area (Å²) in [4.78, 5) is 27.3. The van der Waals surface area contributed by atoms with E-state index in [9.17, 15) is 9.59 Å². The van der Waals surface area contributed by atoms with Crippen LogP contribution in [0, 0.1) is 11.8 Å². The van der Waals surface area contributed by atoms with Gasteiger partial charge in [0.15, 0.2) is 0 Å². The van der Waals surface area contributed by atoms with Crippen LogP contribution in [0.1, 0.15) is 65.2 Å². The lowest BCUT2D eigenvalue weighted by atomic mass is 9.90. The van der Waals surface area contributed by atoms with Crippen LogP contribution in [-0.4, -0.2) is 34.8 Å². The third-order valence-corrected chi connectivity index (χ3v) is 5.79. The molecule has 1 heterocycles. The Morgan fingerprint density at radius 1 is 1.10 bits per heavy atom. The molecule has 0 bridgehead atoms. The first-order valence-electron chi connectivity index (χ1n) is 8.64. The van der Waals surface area contributed by atoms with Gasteiger partial charge in [0.2, 0.25) is 11.8 Å². The fourth-order valence-corrected chi connectivity index (χ4v) is 4.22. The standard InChI is InChI=1S/C17H28N2O2/c1-12-6-4-3-5-7-14(12)19-11-10-15(20)18-17(2,16(19)21)13-8-9-13/h12-14H,3-11H2,1-2H3,(H,18,20). The first-order chi connectivity index (χ1) is 10.0. The maximum Gasteiger partial charge on any atom is 0.248 e. The Kier molecular flexibility index (Phi) is 3.98. The lowest BCUT2D eigenvalue weighted by Gasteiger charge is -2.39. The van der Waals surface area contributed by atoms with Gasteiger partial charge in [-0.1, -0.05) is 26.2 Å². The molecule has 3 fully saturated rings. The normalized spacial score (nSPS) is 38.7. The molecular formula is C17H28N2O2. The number of nitrogens with zero attached hydrogens (tertiary/aromatic N) is 1. The van der Waals surface area contributed by atoms with E-state index in [0.29, 0.717) is 30.8 Å². The summed E-state index contributed by atoms with van der Waals surface area (Å²) >= 11 is 0. The zero-order valence-corrected chi connectivity index (χ0v) is 13.4. The molecule has 0 aromatic carbocycles. The van der Waals surface area contributed by atoms with Gasteiger partial charge in [-0.2, -0.15) is 0 Å². The summed E-state index contributed by atoms with van der Waals surface area (Å²) in [6.07, 6.45) is 8.65. The fraction of sp³-hybridized carbons (Fsp3) is 0.882. The lowest BCUT2D eigenvalue weighted by molar-refractivity contribution is -0.142. The van der Waals surface area contributed by atoms with Crippen molar-refractivity contribution in [1.82, 2.24) is 10.2 Å². The third kappa shape index (κ3) is 2.82. The van der Waals surface area contributed by atoms with Crippen molar-refractivity contribution in [2.45, 2.75) is 76.8 Å². The predicted molar refractivity (Wildman–Crippen MR) is 81.6 cm³/mol. The Hall–Kier alpha value is -1.06. The molecule has 21 heavy (non-hydrogen) atoms. The number of rotatable bonds is 2. The fourth-order valence-electron chi connectivity index (χ4n) is 4.22. The quantitative estimate of drug-likeness (QED) is 0.795. The second kappa shape index (κ2) is 5.62. The van der Waals surface area contributed by atoms with Crippen molar-refractivity contribution in [3.05, 3.63) is 0 Å². The van der Waals surface area contributed by atoms with E-state index in [2.05, 4.69) is 17.1 Å². The summed E-state index contributed by atoms with van der Waals surface area (Å²) in [5.74, 6) is 1.11. The van der Waals surface area contributed by atoms with Crippen LogP contribution in [0.3, 0.4) is 0 Å². The lowest BCUT2D eigenvalue weighted by Crippen LogP contribution is -2.59. The third-order valence-electron chi connectivity index (χ3n) is 5.79. The van der Waals surface area contributed by atoms with E-state index in [4.69, 9.17) is 0 Å². The number of hydrogen-bond acceptors (Lipinski definition) is 2. The van der Waals surface area contributed by atoms with Crippen molar-refractivity contribution in [1.29, 1.82) is 0 Å². The molecule has 4 heteroatoms. The van der Waals surface area contributed by atoms with Gasteiger partial charge in [0.25, 0.3) is 0 Å². The van der Waals surface area contributed by atoms with Crippen molar-refractivity contribution >= 4 is 11.8 Å². The number of carbonyl (C=O) groups is 2. The van der Waals surface area contributed by atoms with Crippen LogP contribution in [0.2, 0.25) is 0 Å². The topological polar surface area (TPSA) is 49.4 Å². The van der Waals surface area contributed by atoms with Crippen molar-refractivity contribution in [2.24, 2.45) is 11.8 Å². The highest BCUT2D eigenvalue weighted by atomic mass is 16.2. The van der Waals surface area contributed by atoms with Gasteiger partial charge in [0, 0.05) is 19.0 Å². The maximum absolute atomic E-state index is 13.2. The molecule has 2 saturated carbocycles.